The molecule has 0 spiro atoms. The molecule has 1 N–H and O–H groups in total. The first-order chi connectivity index (χ1) is 11.8. The van der Waals surface area contributed by atoms with Gasteiger partial charge in [0.15, 0.2) is 0 Å². The maximum absolute atomic E-state index is 12.8. The van der Waals surface area contributed by atoms with Crippen LogP contribution in [0.3, 0.4) is 0 Å². The number of alkyl halides is 3. The monoisotopic (exact) mass is 351 g/mol. The minimum atomic E-state index is -4.39. The molecule has 1 aliphatic rings. The summed E-state index contributed by atoms with van der Waals surface area (Å²) in [7, 11) is 0. The second kappa shape index (κ2) is 6.90. The van der Waals surface area contributed by atoms with Crippen molar-refractivity contribution in [2.75, 3.05) is 13.1 Å². The maximum Gasteiger partial charge on any atom is 0.416 e. The lowest BCUT2D eigenvalue weighted by Gasteiger charge is -2.32. The molecule has 0 aliphatic carbocycles. The summed E-state index contributed by atoms with van der Waals surface area (Å²) in [5, 5.41) is 7.06. The molecule has 0 atom stereocenters. The van der Waals surface area contributed by atoms with Crippen LogP contribution >= 0.6 is 0 Å². The Morgan fingerprint density at radius 1 is 1.32 bits per heavy atom. The van der Waals surface area contributed by atoms with Crippen molar-refractivity contribution in [3.63, 3.8) is 0 Å². The molecular weight excluding hydrogens is 331 g/mol. The molecule has 134 valence electrons. The summed E-state index contributed by atoms with van der Waals surface area (Å²) in [6.07, 6.45) is -0.938. The summed E-state index contributed by atoms with van der Waals surface area (Å²) in [5.41, 5.74) is 1.91. The molecule has 0 radical (unpaired) electrons. The minimum absolute atomic E-state index is 0.00231. The number of piperidine rings is 1. The Hall–Kier alpha value is -2.31. The quantitative estimate of drug-likeness (QED) is 0.917. The summed E-state index contributed by atoms with van der Waals surface area (Å²) in [6, 6.07) is 4.98. The third kappa shape index (κ3) is 4.03. The zero-order chi connectivity index (χ0) is 18.0. The first-order valence-corrected chi connectivity index (χ1v) is 8.28. The Balaban J connectivity index is 1.59. The van der Waals surface area contributed by atoms with E-state index in [4.69, 9.17) is 0 Å². The second-order valence-corrected chi connectivity index (χ2v) is 6.50. The first-order valence-electron chi connectivity index (χ1n) is 8.28. The normalized spacial score (nSPS) is 16.2. The lowest BCUT2D eigenvalue weighted by atomic mass is 9.91. The zero-order valence-electron chi connectivity index (χ0n) is 13.9. The van der Waals surface area contributed by atoms with Crippen LogP contribution in [0.25, 0.3) is 0 Å². The predicted octanol–water partition coefficient (Wildman–Crippen LogP) is 3.69. The van der Waals surface area contributed by atoms with E-state index in [2.05, 4.69) is 10.2 Å². The van der Waals surface area contributed by atoms with Gasteiger partial charge < -0.3 is 4.90 Å². The fourth-order valence-electron chi connectivity index (χ4n) is 3.33. The number of aryl methyl sites for hydroxylation is 1. The van der Waals surface area contributed by atoms with Gasteiger partial charge in [-0.3, -0.25) is 9.89 Å². The number of nitrogens with one attached hydrogen (secondary N) is 1. The predicted molar refractivity (Wildman–Crippen MR) is 87.0 cm³/mol. The van der Waals surface area contributed by atoms with E-state index < -0.39 is 11.7 Å². The number of hydrogen-bond donors (Lipinski definition) is 1. The highest BCUT2D eigenvalue weighted by atomic mass is 19.4. The van der Waals surface area contributed by atoms with Crippen molar-refractivity contribution in [3.05, 3.63) is 52.8 Å². The molecule has 25 heavy (non-hydrogen) atoms. The Morgan fingerprint density at radius 3 is 2.64 bits per heavy atom. The largest absolute Gasteiger partial charge is 0.416 e. The Morgan fingerprint density at radius 2 is 2.04 bits per heavy atom. The van der Waals surface area contributed by atoms with Gasteiger partial charge in [-0.05, 0) is 37.0 Å². The van der Waals surface area contributed by atoms with Gasteiger partial charge in [-0.25, -0.2) is 0 Å². The van der Waals surface area contributed by atoms with Crippen LogP contribution in [0.2, 0.25) is 0 Å². The zero-order valence-corrected chi connectivity index (χ0v) is 13.9. The van der Waals surface area contributed by atoms with Crippen molar-refractivity contribution in [1.82, 2.24) is 15.1 Å². The van der Waals surface area contributed by atoms with Crippen LogP contribution in [0.15, 0.2) is 30.5 Å². The molecule has 7 heteroatoms. The lowest BCUT2D eigenvalue weighted by molar-refractivity contribution is -0.138. The van der Waals surface area contributed by atoms with Gasteiger partial charge in [0.2, 0.25) is 5.91 Å². The van der Waals surface area contributed by atoms with Crippen LogP contribution in [-0.2, 0) is 17.4 Å². The highest BCUT2D eigenvalue weighted by Crippen LogP contribution is 2.31. The van der Waals surface area contributed by atoms with Gasteiger partial charge in [-0.2, -0.15) is 18.3 Å². The fraction of sp³-hybridized carbons (Fsp3) is 0.444. The standard InChI is InChI=1S/C18H20F3N3O/c1-12-11-22-23-17(12)14-5-7-24(8-6-14)16(25)10-13-3-2-4-15(9-13)18(19,20)21/h2-4,9,11,14H,5-8,10H2,1H3,(H,22,23). The molecule has 1 amide bonds. The average Bonchev–Trinajstić information content (AvgIpc) is 3.00. The van der Waals surface area contributed by atoms with Gasteiger partial charge in [0, 0.05) is 24.7 Å². The number of carbonyl (C=O) groups is 1. The molecule has 1 aromatic carbocycles. The van der Waals surface area contributed by atoms with E-state index in [1.165, 1.54) is 6.07 Å². The van der Waals surface area contributed by atoms with Crippen molar-refractivity contribution in [2.45, 2.75) is 38.3 Å². The highest BCUT2D eigenvalue weighted by Gasteiger charge is 2.31. The summed E-state index contributed by atoms with van der Waals surface area (Å²) in [4.78, 5) is 14.2. The van der Waals surface area contributed by atoms with E-state index in [1.54, 1.807) is 17.2 Å². The average molecular weight is 351 g/mol. The molecule has 1 aromatic heterocycles. The number of halogens is 3. The maximum atomic E-state index is 12.8. The van der Waals surface area contributed by atoms with Crippen LogP contribution in [0, 0.1) is 6.92 Å². The van der Waals surface area contributed by atoms with Crippen molar-refractivity contribution < 1.29 is 18.0 Å². The van der Waals surface area contributed by atoms with Crippen molar-refractivity contribution in [2.24, 2.45) is 0 Å². The van der Waals surface area contributed by atoms with Crippen molar-refractivity contribution in [1.29, 1.82) is 0 Å². The van der Waals surface area contributed by atoms with Crippen LogP contribution in [-0.4, -0.2) is 34.1 Å². The van der Waals surface area contributed by atoms with Crippen LogP contribution in [0.5, 0.6) is 0 Å². The van der Waals surface area contributed by atoms with Gasteiger partial charge >= 0.3 is 6.18 Å². The van der Waals surface area contributed by atoms with Gasteiger partial charge in [0.1, 0.15) is 0 Å². The topological polar surface area (TPSA) is 49.0 Å². The molecule has 4 nitrogen and oxygen atoms in total. The highest BCUT2D eigenvalue weighted by molar-refractivity contribution is 5.79. The Labute approximate surface area is 144 Å². The number of amides is 1. The van der Waals surface area contributed by atoms with E-state index in [9.17, 15) is 18.0 Å². The summed E-state index contributed by atoms with van der Waals surface area (Å²) < 4.78 is 38.3. The molecule has 2 aromatic rings. The van der Waals surface area contributed by atoms with Gasteiger partial charge in [-0.1, -0.05) is 18.2 Å². The van der Waals surface area contributed by atoms with E-state index in [0.717, 1.165) is 36.2 Å². The van der Waals surface area contributed by atoms with E-state index in [1.807, 2.05) is 6.92 Å². The molecule has 2 heterocycles. The SMILES string of the molecule is Cc1cn[nH]c1C1CCN(C(=O)Cc2cccc(C(F)(F)F)c2)CC1. The minimum Gasteiger partial charge on any atom is -0.342 e. The lowest BCUT2D eigenvalue weighted by Crippen LogP contribution is -2.39. The number of nitrogens with zero attached hydrogens (tertiary/aromatic N) is 2. The number of aromatic amines is 1. The Bertz CT molecular complexity index is 746. The van der Waals surface area contributed by atoms with E-state index >= 15 is 0 Å². The summed E-state index contributed by atoms with van der Waals surface area (Å²) in [5.74, 6) is 0.221. The number of rotatable bonds is 3. The first kappa shape index (κ1) is 17.5. The molecule has 0 bridgehead atoms. The summed E-state index contributed by atoms with van der Waals surface area (Å²) >= 11 is 0. The Kier molecular flexibility index (Phi) is 4.83. The molecule has 1 aliphatic heterocycles. The van der Waals surface area contributed by atoms with E-state index in [0.29, 0.717) is 24.6 Å². The van der Waals surface area contributed by atoms with Gasteiger partial charge in [0.05, 0.1) is 18.2 Å². The van der Waals surface area contributed by atoms with Crippen LogP contribution < -0.4 is 0 Å². The number of aromatic nitrogens is 2. The molecule has 1 saturated heterocycles. The summed E-state index contributed by atoms with van der Waals surface area (Å²) in [6.45, 7) is 3.23. The molecule has 0 saturated carbocycles. The van der Waals surface area contributed by atoms with Crippen LogP contribution in [0.1, 0.15) is 41.1 Å². The van der Waals surface area contributed by atoms with Crippen LogP contribution in [0.4, 0.5) is 13.2 Å². The number of benzene rings is 1. The van der Waals surface area contributed by atoms with Crippen molar-refractivity contribution in [3.8, 4) is 0 Å². The third-order valence-electron chi connectivity index (χ3n) is 4.73. The van der Waals surface area contributed by atoms with E-state index in [-0.39, 0.29) is 12.3 Å². The molecule has 3 rings (SSSR count). The number of likely N-dealkylation sites (tertiary alicyclic amines) is 1. The van der Waals surface area contributed by atoms with Gasteiger partial charge in [-0.15, -0.1) is 0 Å². The molecule has 1 fully saturated rings. The molecule has 0 unspecified atom stereocenters. The number of H-pyrrole nitrogens is 1. The van der Waals surface area contributed by atoms with Gasteiger partial charge in [0.25, 0.3) is 0 Å². The van der Waals surface area contributed by atoms with Crippen molar-refractivity contribution >= 4 is 5.91 Å². The molecular formula is C18H20F3N3O. The number of hydrogen-bond acceptors (Lipinski definition) is 2. The smallest absolute Gasteiger partial charge is 0.342 e. The number of carbonyl (C=O) groups excluding carboxylic acids is 1. The third-order valence-corrected chi connectivity index (χ3v) is 4.73. The second-order valence-electron chi connectivity index (χ2n) is 6.50. The fourth-order valence-corrected chi connectivity index (χ4v) is 3.33.